The van der Waals surface area contributed by atoms with Crippen LogP contribution < -0.4 is 11.1 Å². The van der Waals surface area contributed by atoms with E-state index in [2.05, 4.69) is 26.8 Å². The molecule has 0 atom stereocenters. The molecule has 0 radical (unpaired) electrons. The van der Waals surface area contributed by atoms with Gasteiger partial charge in [-0.25, -0.2) is 22.8 Å². The Morgan fingerprint density at radius 1 is 1.42 bits per heavy atom. The van der Waals surface area contributed by atoms with Gasteiger partial charge in [0.25, 0.3) is 0 Å². The maximum atomic E-state index is 14.3. The van der Waals surface area contributed by atoms with E-state index in [1.54, 1.807) is 13.0 Å². The molecule has 1 spiro atoms. The molecule has 1 saturated heterocycles. The molecule has 4 rings (SSSR count). The first-order valence-electron chi connectivity index (χ1n) is 11.1. The van der Waals surface area contributed by atoms with Crippen molar-refractivity contribution in [3.63, 3.8) is 0 Å². The Labute approximate surface area is 194 Å². The summed E-state index contributed by atoms with van der Waals surface area (Å²) in [6, 6.07) is 0. The third-order valence-corrected chi connectivity index (χ3v) is 7.63. The number of anilines is 1. The smallest absolute Gasteiger partial charge is 0.215 e. The summed E-state index contributed by atoms with van der Waals surface area (Å²) in [4.78, 5) is 10.00. The molecule has 180 valence electrons. The van der Waals surface area contributed by atoms with Gasteiger partial charge in [0.1, 0.15) is 32.8 Å². The van der Waals surface area contributed by atoms with E-state index in [0.29, 0.717) is 17.8 Å². The maximum Gasteiger partial charge on any atom is 0.215 e. The van der Waals surface area contributed by atoms with Crippen LogP contribution in [0.15, 0.2) is 46.6 Å². The second-order valence-electron chi connectivity index (χ2n) is 8.22. The zero-order chi connectivity index (χ0) is 24.1. The van der Waals surface area contributed by atoms with Gasteiger partial charge in [0.05, 0.1) is 23.9 Å². The molecule has 0 aromatic carbocycles. The van der Waals surface area contributed by atoms with Crippen LogP contribution in [0.1, 0.15) is 44.9 Å². The first-order valence-corrected chi connectivity index (χ1v) is 12.6. The summed E-state index contributed by atoms with van der Waals surface area (Å²) in [7, 11) is -4.23. The molecule has 3 heterocycles. The average molecular weight is 478 g/mol. The van der Waals surface area contributed by atoms with Gasteiger partial charge >= 0.3 is 0 Å². The third kappa shape index (κ3) is 5.51. The van der Waals surface area contributed by atoms with E-state index >= 15 is 0 Å². The number of hydrogen-bond acceptors (Lipinski definition) is 7. The van der Waals surface area contributed by atoms with Gasteiger partial charge in [-0.1, -0.05) is 26.0 Å². The second kappa shape index (κ2) is 10.6. The SMILES string of the molecule is C1CC2(C1)CNCCO2.C=C/C(=C(F)\C=C/CCC)S(=O)(=O)c1c(N)[nH]c2cnc(C)nc12. The fourth-order valence-electron chi connectivity index (χ4n) is 3.82. The lowest BCUT2D eigenvalue weighted by Gasteiger charge is -2.44. The second-order valence-corrected chi connectivity index (χ2v) is 10.1. The normalized spacial score (nSPS) is 18.5. The van der Waals surface area contributed by atoms with Crippen LogP contribution in [0.5, 0.6) is 0 Å². The van der Waals surface area contributed by atoms with Crippen molar-refractivity contribution in [2.45, 2.75) is 56.4 Å². The number of halogens is 1. The number of allylic oxidation sites excluding steroid dienone is 4. The minimum Gasteiger partial charge on any atom is -0.384 e. The van der Waals surface area contributed by atoms with Crippen molar-refractivity contribution in [2.24, 2.45) is 0 Å². The number of nitrogen functional groups attached to an aromatic ring is 1. The Balaban J connectivity index is 0.000000280. The minimum absolute atomic E-state index is 0.116. The molecular weight excluding hydrogens is 445 g/mol. The molecule has 10 heteroatoms. The molecule has 2 aliphatic rings. The van der Waals surface area contributed by atoms with E-state index in [0.717, 1.165) is 38.3 Å². The number of nitrogens with one attached hydrogen (secondary N) is 2. The Bertz CT molecular complexity index is 1160. The lowest BCUT2D eigenvalue weighted by molar-refractivity contribution is -0.115. The van der Waals surface area contributed by atoms with Crippen LogP contribution in [0.3, 0.4) is 0 Å². The molecule has 2 fully saturated rings. The fourth-order valence-corrected chi connectivity index (χ4v) is 5.33. The number of aromatic amines is 1. The fraction of sp³-hybridized carbons (Fsp3) is 0.478. The number of aryl methyl sites for hydroxylation is 1. The number of rotatable bonds is 6. The van der Waals surface area contributed by atoms with Gasteiger partial charge in [0.2, 0.25) is 9.84 Å². The average Bonchev–Trinajstić information content (AvgIpc) is 3.10. The van der Waals surface area contributed by atoms with E-state index in [1.807, 2.05) is 6.92 Å². The van der Waals surface area contributed by atoms with Crippen LogP contribution in [-0.2, 0) is 14.6 Å². The van der Waals surface area contributed by atoms with Crippen LogP contribution >= 0.6 is 0 Å². The topological polar surface area (TPSA) is 123 Å². The third-order valence-electron chi connectivity index (χ3n) is 5.74. The molecule has 8 nitrogen and oxygen atoms in total. The summed E-state index contributed by atoms with van der Waals surface area (Å²) in [6.45, 7) is 10.0. The summed E-state index contributed by atoms with van der Waals surface area (Å²) in [5.41, 5.74) is 6.59. The summed E-state index contributed by atoms with van der Waals surface area (Å²) < 4.78 is 45.7. The number of hydrogen-bond donors (Lipinski definition) is 3. The van der Waals surface area contributed by atoms with Gasteiger partial charge in [0, 0.05) is 13.1 Å². The molecule has 33 heavy (non-hydrogen) atoms. The number of H-pyrrole nitrogens is 1. The highest BCUT2D eigenvalue weighted by Gasteiger charge is 2.39. The highest BCUT2D eigenvalue weighted by Crippen LogP contribution is 2.36. The molecule has 2 aromatic rings. The van der Waals surface area contributed by atoms with Crippen LogP contribution in [0.4, 0.5) is 10.2 Å². The highest BCUT2D eigenvalue weighted by atomic mass is 32.2. The number of fused-ring (bicyclic) bond motifs is 1. The van der Waals surface area contributed by atoms with E-state index < -0.39 is 20.6 Å². The van der Waals surface area contributed by atoms with Crippen LogP contribution in [0, 0.1) is 6.92 Å². The molecule has 0 bridgehead atoms. The molecule has 1 aliphatic heterocycles. The van der Waals surface area contributed by atoms with E-state index in [4.69, 9.17) is 10.5 Å². The summed E-state index contributed by atoms with van der Waals surface area (Å²) in [5.74, 6) is -0.627. The minimum atomic E-state index is -4.23. The monoisotopic (exact) mass is 477 g/mol. The quantitative estimate of drug-likeness (QED) is 0.540. The van der Waals surface area contributed by atoms with Gasteiger partial charge in [-0.05, 0) is 44.8 Å². The first kappa shape index (κ1) is 25.1. The predicted octanol–water partition coefficient (Wildman–Crippen LogP) is 3.87. The van der Waals surface area contributed by atoms with E-state index in [1.165, 1.54) is 25.5 Å². The number of nitrogens with zero attached hydrogens (tertiary/aromatic N) is 2. The summed E-state index contributed by atoms with van der Waals surface area (Å²) in [6.07, 6.45) is 10.5. The lowest BCUT2D eigenvalue weighted by atomic mass is 9.79. The van der Waals surface area contributed by atoms with E-state index in [-0.39, 0.29) is 21.8 Å². The molecule has 0 amide bonds. The molecule has 1 saturated carbocycles. The molecule has 4 N–H and O–H groups in total. The van der Waals surface area contributed by atoms with E-state index in [9.17, 15) is 12.8 Å². The number of aromatic nitrogens is 3. The van der Waals surface area contributed by atoms with Crippen LogP contribution in [0.25, 0.3) is 11.0 Å². The first-order chi connectivity index (χ1) is 15.7. The molecule has 0 unspecified atom stereocenters. The Morgan fingerprint density at radius 3 is 2.73 bits per heavy atom. The molecule has 1 aliphatic carbocycles. The van der Waals surface area contributed by atoms with Crippen molar-refractivity contribution in [1.29, 1.82) is 0 Å². The number of morpholine rings is 1. The number of ether oxygens (including phenoxy) is 1. The molecule has 2 aromatic heterocycles. The van der Waals surface area contributed by atoms with Gasteiger partial charge in [-0.15, -0.1) is 0 Å². The van der Waals surface area contributed by atoms with Gasteiger partial charge in [-0.3, -0.25) is 0 Å². The van der Waals surface area contributed by atoms with Gasteiger partial charge in [0.15, 0.2) is 0 Å². The zero-order valence-corrected chi connectivity index (χ0v) is 20.0. The number of unbranched alkanes of at least 4 members (excludes halogenated alkanes) is 1. The predicted molar refractivity (Wildman–Crippen MR) is 128 cm³/mol. The van der Waals surface area contributed by atoms with Crippen molar-refractivity contribution in [2.75, 3.05) is 25.4 Å². The van der Waals surface area contributed by atoms with Crippen molar-refractivity contribution in [1.82, 2.24) is 20.3 Å². The lowest BCUT2D eigenvalue weighted by Crippen LogP contribution is -2.53. The highest BCUT2D eigenvalue weighted by molar-refractivity contribution is 7.95. The standard InChI is InChI=1S/C16H19FN4O2S.C7H13NO/c1-4-6-7-8-11(17)13(5-2)24(22,23)15-14-12(21-16(15)18)9-19-10(3)20-14;1-2-7(3-1)6-8-4-5-9-7/h5,7-9,21H,2,4,6,18H2,1,3H3;8H,1-6H2/b8-7-,13-11-;. The number of sulfone groups is 1. The van der Waals surface area contributed by atoms with Gasteiger partial charge in [-0.2, -0.15) is 0 Å². The van der Waals surface area contributed by atoms with Gasteiger partial charge < -0.3 is 20.8 Å². The van der Waals surface area contributed by atoms with Crippen molar-refractivity contribution in [3.8, 4) is 0 Å². The Kier molecular flexibility index (Phi) is 8.04. The maximum absolute atomic E-state index is 14.3. The summed E-state index contributed by atoms with van der Waals surface area (Å²) >= 11 is 0. The zero-order valence-electron chi connectivity index (χ0n) is 19.2. The van der Waals surface area contributed by atoms with Crippen molar-refractivity contribution in [3.05, 3.63) is 47.6 Å². The number of nitrogens with two attached hydrogens (primary N) is 1. The largest absolute Gasteiger partial charge is 0.384 e. The van der Waals surface area contributed by atoms with Crippen molar-refractivity contribution >= 4 is 26.7 Å². The molecular formula is C23H32FN5O3S. The van der Waals surface area contributed by atoms with Crippen LogP contribution in [-0.4, -0.2) is 48.7 Å². The van der Waals surface area contributed by atoms with Crippen molar-refractivity contribution < 1.29 is 17.5 Å². The Morgan fingerprint density at radius 2 is 2.18 bits per heavy atom. The summed E-state index contributed by atoms with van der Waals surface area (Å²) in [5, 5.41) is 3.35. The Hall–Kier alpha value is -2.56. The van der Waals surface area contributed by atoms with Crippen LogP contribution in [0.2, 0.25) is 0 Å².